The third-order valence-electron chi connectivity index (χ3n) is 2.82. The number of nitrogen functional groups attached to an aromatic ring is 1. The molecule has 84 valence electrons. The van der Waals surface area contributed by atoms with Crippen LogP contribution in [0.1, 0.15) is 6.42 Å². The lowest BCUT2D eigenvalue weighted by Crippen LogP contribution is -2.12. The maximum Gasteiger partial charge on any atom is 0.178 e. The van der Waals surface area contributed by atoms with Crippen LogP contribution in [0, 0.1) is 5.92 Å². The number of hydrogen-bond donors (Lipinski definition) is 1. The Kier molecular flexibility index (Phi) is 2.21. The third kappa shape index (κ3) is 1.61. The fraction of sp³-hybridized carbons (Fsp3) is 0.500. The molecule has 2 aromatic heterocycles. The molecule has 1 fully saturated rings. The predicted molar refractivity (Wildman–Crippen MR) is 58.7 cm³/mol. The van der Waals surface area contributed by atoms with Crippen LogP contribution in [0.15, 0.2) is 12.4 Å². The Morgan fingerprint density at radius 3 is 3.25 bits per heavy atom. The van der Waals surface area contributed by atoms with Crippen LogP contribution in [0.4, 0.5) is 5.82 Å². The molecule has 6 nitrogen and oxygen atoms in total. The van der Waals surface area contributed by atoms with Crippen molar-refractivity contribution in [1.29, 1.82) is 0 Å². The minimum Gasteiger partial charge on any atom is -0.382 e. The van der Waals surface area contributed by atoms with Crippen LogP contribution in [-0.4, -0.2) is 33.0 Å². The smallest absolute Gasteiger partial charge is 0.178 e. The first-order chi connectivity index (χ1) is 7.83. The molecule has 16 heavy (non-hydrogen) atoms. The van der Waals surface area contributed by atoms with Crippen molar-refractivity contribution in [2.75, 3.05) is 18.9 Å². The van der Waals surface area contributed by atoms with Crippen molar-refractivity contribution in [2.45, 2.75) is 13.0 Å². The van der Waals surface area contributed by atoms with E-state index in [9.17, 15) is 0 Å². The summed E-state index contributed by atoms with van der Waals surface area (Å²) in [5, 5.41) is 4.28. The van der Waals surface area contributed by atoms with E-state index < -0.39 is 0 Å². The number of ether oxygens (including phenoxy) is 1. The summed E-state index contributed by atoms with van der Waals surface area (Å²) < 4.78 is 7.20. The van der Waals surface area contributed by atoms with Crippen LogP contribution >= 0.6 is 0 Å². The highest BCUT2D eigenvalue weighted by molar-refractivity contribution is 5.70. The Morgan fingerprint density at radius 1 is 1.50 bits per heavy atom. The van der Waals surface area contributed by atoms with Crippen molar-refractivity contribution >= 4 is 17.0 Å². The fourth-order valence-corrected chi connectivity index (χ4v) is 1.97. The lowest BCUT2D eigenvalue weighted by Gasteiger charge is -2.07. The van der Waals surface area contributed by atoms with Gasteiger partial charge in [0.15, 0.2) is 5.65 Å². The van der Waals surface area contributed by atoms with E-state index in [4.69, 9.17) is 10.5 Å². The molecule has 0 aromatic carbocycles. The molecule has 1 aliphatic rings. The molecule has 3 rings (SSSR count). The SMILES string of the molecule is Nc1cnc2cnn(CC3CCOC3)c2n1. The van der Waals surface area contributed by atoms with Gasteiger partial charge in [0, 0.05) is 19.1 Å². The third-order valence-corrected chi connectivity index (χ3v) is 2.82. The molecule has 0 amide bonds. The second-order valence-corrected chi connectivity index (χ2v) is 4.06. The zero-order chi connectivity index (χ0) is 11.0. The number of nitrogens with zero attached hydrogens (tertiary/aromatic N) is 4. The van der Waals surface area contributed by atoms with E-state index in [-0.39, 0.29) is 0 Å². The molecule has 3 heterocycles. The van der Waals surface area contributed by atoms with Crippen LogP contribution in [-0.2, 0) is 11.3 Å². The highest BCUT2D eigenvalue weighted by atomic mass is 16.5. The first kappa shape index (κ1) is 9.53. The standard InChI is InChI=1S/C10H13N5O/c11-9-4-12-8-3-13-15(10(8)14-9)5-7-1-2-16-6-7/h3-4,7H,1-2,5-6H2,(H2,11,14). The predicted octanol–water partition coefficient (Wildman–Crippen LogP) is 0.445. The van der Waals surface area contributed by atoms with E-state index in [2.05, 4.69) is 15.1 Å². The summed E-state index contributed by atoms with van der Waals surface area (Å²) in [6.07, 6.45) is 4.35. The zero-order valence-electron chi connectivity index (χ0n) is 8.83. The van der Waals surface area contributed by atoms with Crippen molar-refractivity contribution in [3.63, 3.8) is 0 Å². The van der Waals surface area contributed by atoms with Crippen LogP contribution in [0.25, 0.3) is 11.2 Å². The highest BCUT2D eigenvalue weighted by Crippen LogP contribution is 2.17. The van der Waals surface area contributed by atoms with Crippen LogP contribution in [0.2, 0.25) is 0 Å². The van der Waals surface area contributed by atoms with E-state index in [1.807, 2.05) is 4.68 Å². The average molecular weight is 219 g/mol. The van der Waals surface area contributed by atoms with Crippen LogP contribution in [0.3, 0.4) is 0 Å². The molecule has 1 aliphatic heterocycles. The Morgan fingerprint density at radius 2 is 2.44 bits per heavy atom. The number of fused-ring (bicyclic) bond motifs is 1. The fourth-order valence-electron chi connectivity index (χ4n) is 1.97. The van der Waals surface area contributed by atoms with Gasteiger partial charge in [-0.2, -0.15) is 5.10 Å². The Bertz CT molecular complexity index is 503. The van der Waals surface area contributed by atoms with E-state index in [1.54, 1.807) is 12.4 Å². The van der Waals surface area contributed by atoms with Crippen molar-refractivity contribution in [2.24, 2.45) is 5.92 Å². The first-order valence-corrected chi connectivity index (χ1v) is 5.35. The Labute approximate surface area is 92.4 Å². The number of anilines is 1. The number of aromatic nitrogens is 4. The van der Waals surface area contributed by atoms with E-state index in [0.29, 0.717) is 11.7 Å². The monoisotopic (exact) mass is 219 g/mol. The summed E-state index contributed by atoms with van der Waals surface area (Å²) in [6, 6.07) is 0. The summed E-state index contributed by atoms with van der Waals surface area (Å²) >= 11 is 0. The zero-order valence-corrected chi connectivity index (χ0v) is 8.83. The van der Waals surface area contributed by atoms with Gasteiger partial charge in [-0.25, -0.2) is 14.6 Å². The number of rotatable bonds is 2. The summed E-state index contributed by atoms with van der Waals surface area (Å²) in [5.41, 5.74) is 7.16. The first-order valence-electron chi connectivity index (χ1n) is 5.35. The molecule has 0 bridgehead atoms. The van der Waals surface area contributed by atoms with Gasteiger partial charge in [-0.1, -0.05) is 0 Å². The minimum absolute atomic E-state index is 0.428. The molecule has 0 spiro atoms. The summed E-state index contributed by atoms with van der Waals surface area (Å²) in [5.74, 6) is 0.947. The van der Waals surface area contributed by atoms with Gasteiger partial charge in [0.2, 0.25) is 0 Å². The number of nitrogens with two attached hydrogens (primary N) is 1. The quantitative estimate of drug-likeness (QED) is 0.793. The minimum atomic E-state index is 0.428. The van der Waals surface area contributed by atoms with Crippen molar-refractivity contribution in [3.05, 3.63) is 12.4 Å². The molecule has 6 heteroatoms. The number of hydrogen-bond acceptors (Lipinski definition) is 5. The van der Waals surface area contributed by atoms with E-state index in [0.717, 1.165) is 37.3 Å². The van der Waals surface area contributed by atoms with Gasteiger partial charge < -0.3 is 10.5 Å². The molecule has 2 aromatic rings. The topological polar surface area (TPSA) is 78.8 Å². The lowest BCUT2D eigenvalue weighted by molar-refractivity contribution is 0.182. The molecule has 2 N–H and O–H groups in total. The lowest BCUT2D eigenvalue weighted by atomic mass is 10.1. The van der Waals surface area contributed by atoms with E-state index >= 15 is 0 Å². The maximum atomic E-state index is 5.62. The second-order valence-electron chi connectivity index (χ2n) is 4.06. The van der Waals surface area contributed by atoms with Crippen LogP contribution in [0.5, 0.6) is 0 Å². The Balaban J connectivity index is 1.93. The summed E-state index contributed by atoms with van der Waals surface area (Å²) in [7, 11) is 0. The Hall–Kier alpha value is -1.69. The molecule has 1 saturated heterocycles. The highest BCUT2D eigenvalue weighted by Gasteiger charge is 2.18. The van der Waals surface area contributed by atoms with Gasteiger partial charge in [-0.05, 0) is 6.42 Å². The molecule has 1 atom stereocenters. The van der Waals surface area contributed by atoms with Gasteiger partial charge in [0.1, 0.15) is 11.3 Å². The van der Waals surface area contributed by atoms with Crippen LogP contribution < -0.4 is 5.73 Å². The molecule has 0 saturated carbocycles. The maximum absolute atomic E-state index is 5.62. The molecule has 1 unspecified atom stereocenters. The molecule has 0 aliphatic carbocycles. The summed E-state index contributed by atoms with van der Waals surface area (Å²) in [6.45, 7) is 2.47. The van der Waals surface area contributed by atoms with Gasteiger partial charge in [-0.15, -0.1) is 0 Å². The van der Waals surface area contributed by atoms with E-state index in [1.165, 1.54) is 0 Å². The second kappa shape index (κ2) is 3.71. The van der Waals surface area contributed by atoms with Crippen molar-refractivity contribution in [3.8, 4) is 0 Å². The molecular weight excluding hydrogens is 206 g/mol. The van der Waals surface area contributed by atoms with Gasteiger partial charge in [0.05, 0.1) is 19.0 Å². The molecule has 0 radical (unpaired) electrons. The van der Waals surface area contributed by atoms with Crippen molar-refractivity contribution < 1.29 is 4.74 Å². The van der Waals surface area contributed by atoms with Gasteiger partial charge in [0.25, 0.3) is 0 Å². The largest absolute Gasteiger partial charge is 0.382 e. The molecular formula is C10H13N5O. The van der Waals surface area contributed by atoms with Crippen molar-refractivity contribution in [1.82, 2.24) is 19.7 Å². The van der Waals surface area contributed by atoms with Gasteiger partial charge in [-0.3, -0.25) is 0 Å². The average Bonchev–Trinajstić information content (AvgIpc) is 2.90. The summed E-state index contributed by atoms with van der Waals surface area (Å²) in [4.78, 5) is 8.43. The normalized spacial score (nSPS) is 20.6. The van der Waals surface area contributed by atoms with Gasteiger partial charge >= 0.3 is 0 Å².